The summed E-state index contributed by atoms with van der Waals surface area (Å²) in [6.45, 7) is 2.22. The molecular formula is C20H19N5O4S. The van der Waals surface area contributed by atoms with Crippen molar-refractivity contribution in [3.63, 3.8) is 0 Å². The molecule has 1 amide bonds. The monoisotopic (exact) mass is 425 g/mol. The van der Waals surface area contributed by atoms with Crippen LogP contribution in [0.2, 0.25) is 0 Å². The van der Waals surface area contributed by atoms with Crippen molar-refractivity contribution in [3.8, 4) is 17.2 Å². The van der Waals surface area contributed by atoms with E-state index in [0.29, 0.717) is 33.0 Å². The fourth-order valence-corrected chi connectivity index (χ4v) is 3.48. The highest BCUT2D eigenvalue weighted by Gasteiger charge is 2.16. The number of aryl methyl sites for hydroxylation is 1. The van der Waals surface area contributed by atoms with Gasteiger partial charge >= 0.3 is 0 Å². The van der Waals surface area contributed by atoms with Gasteiger partial charge in [-0.05, 0) is 37.3 Å². The van der Waals surface area contributed by atoms with Crippen LogP contribution in [0.4, 0.5) is 5.13 Å². The molecule has 0 saturated heterocycles. The van der Waals surface area contributed by atoms with Gasteiger partial charge in [-0.3, -0.25) is 10.1 Å². The third-order valence-corrected chi connectivity index (χ3v) is 5.12. The Morgan fingerprint density at radius 2 is 1.83 bits per heavy atom. The van der Waals surface area contributed by atoms with E-state index in [1.54, 1.807) is 22.7 Å². The SMILES string of the molecule is COc1ccc(C(=O)Nc2nn3c(COc4ccc(C)cc4)nnc3s2)cc1OC. The smallest absolute Gasteiger partial charge is 0.257 e. The second-order valence-corrected chi connectivity index (χ2v) is 7.30. The molecule has 2 heterocycles. The number of benzene rings is 2. The van der Waals surface area contributed by atoms with Gasteiger partial charge in [0.1, 0.15) is 12.4 Å². The zero-order chi connectivity index (χ0) is 21.1. The molecule has 2 aromatic carbocycles. The van der Waals surface area contributed by atoms with Gasteiger partial charge in [0, 0.05) is 5.56 Å². The summed E-state index contributed by atoms with van der Waals surface area (Å²) >= 11 is 1.22. The Kier molecular flexibility index (Phi) is 5.48. The molecule has 0 atom stereocenters. The van der Waals surface area contributed by atoms with E-state index in [4.69, 9.17) is 14.2 Å². The van der Waals surface area contributed by atoms with Gasteiger partial charge in [0.15, 0.2) is 17.3 Å². The second-order valence-electron chi connectivity index (χ2n) is 6.34. The Labute approximate surface area is 176 Å². The molecule has 9 nitrogen and oxygen atoms in total. The van der Waals surface area contributed by atoms with Gasteiger partial charge in [-0.15, -0.1) is 15.3 Å². The van der Waals surface area contributed by atoms with E-state index in [0.717, 1.165) is 11.3 Å². The summed E-state index contributed by atoms with van der Waals surface area (Å²) in [7, 11) is 3.06. The van der Waals surface area contributed by atoms with E-state index >= 15 is 0 Å². The van der Waals surface area contributed by atoms with Gasteiger partial charge < -0.3 is 14.2 Å². The second kappa shape index (κ2) is 8.37. The fraction of sp³-hybridized carbons (Fsp3) is 0.200. The Morgan fingerprint density at radius 1 is 1.07 bits per heavy atom. The minimum absolute atomic E-state index is 0.205. The van der Waals surface area contributed by atoms with Gasteiger partial charge in [0.2, 0.25) is 10.1 Å². The molecule has 4 aromatic rings. The predicted molar refractivity (Wildman–Crippen MR) is 112 cm³/mol. The number of carbonyl (C=O) groups excluding carboxylic acids is 1. The molecular weight excluding hydrogens is 406 g/mol. The first kappa shape index (κ1) is 19.6. The van der Waals surface area contributed by atoms with E-state index in [1.165, 1.54) is 25.6 Å². The van der Waals surface area contributed by atoms with Crippen LogP contribution in [-0.2, 0) is 6.61 Å². The van der Waals surface area contributed by atoms with Crippen LogP contribution in [0.15, 0.2) is 42.5 Å². The summed E-state index contributed by atoms with van der Waals surface area (Å²) in [5.74, 6) is 1.96. The zero-order valence-electron chi connectivity index (χ0n) is 16.6. The summed E-state index contributed by atoms with van der Waals surface area (Å²) in [5, 5.41) is 15.8. The highest BCUT2D eigenvalue weighted by atomic mass is 32.1. The Morgan fingerprint density at radius 3 is 2.57 bits per heavy atom. The number of rotatable bonds is 7. The molecule has 0 aliphatic carbocycles. The molecule has 0 radical (unpaired) electrons. The first-order chi connectivity index (χ1) is 14.6. The largest absolute Gasteiger partial charge is 0.493 e. The molecule has 1 N–H and O–H groups in total. The minimum Gasteiger partial charge on any atom is -0.493 e. The van der Waals surface area contributed by atoms with Crippen LogP contribution in [0.25, 0.3) is 4.96 Å². The molecule has 4 rings (SSSR count). The fourth-order valence-electron chi connectivity index (χ4n) is 2.73. The molecule has 0 aliphatic rings. The molecule has 10 heteroatoms. The van der Waals surface area contributed by atoms with Crippen LogP contribution in [0.3, 0.4) is 0 Å². The summed E-state index contributed by atoms with van der Waals surface area (Å²) in [5.41, 5.74) is 1.57. The van der Waals surface area contributed by atoms with Crippen LogP contribution in [0.1, 0.15) is 21.7 Å². The highest BCUT2D eigenvalue weighted by Crippen LogP contribution is 2.28. The van der Waals surface area contributed by atoms with Crippen molar-refractivity contribution in [2.75, 3.05) is 19.5 Å². The summed E-state index contributed by atoms with van der Waals surface area (Å²) in [4.78, 5) is 13.1. The van der Waals surface area contributed by atoms with Gasteiger partial charge in [-0.25, -0.2) is 0 Å². The average Bonchev–Trinajstić information content (AvgIpc) is 3.33. The van der Waals surface area contributed by atoms with Gasteiger partial charge in [0.05, 0.1) is 14.2 Å². The van der Waals surface area contributed by atoms with Crippen LogP contribution < -0.4 is 19.5 Å². The predicted octanol–water partition coefficient (Wildman–Crippen LogP) is 3.34. The number of nitrogens with one attached hydrogen (secondary N) is 1. The van der Waals surface area contributed by atoms with Gasteiger partial charge in [0.25, 0.3) is 5.91 Å². The summed E-state index contributed by atoms with van der Waals surface area (Å²) < 4.78 is 17.7. The standard InChI is InChI=1S/C20H19N5O4S/c1-12-4-7-14(8-5-12)29-11-17-22-23-20-25(17)24-19(30-20)21-18(26)13-6-9-15(27-2)16(10-13)28-3/h4-10H,11H2,1-3H3,(H,21,24,26). The Bertz CT molecular complexity index is 1190. The number of hydrogen-bond donors (Lipinski definition) is 1. The molecule has 0 spiro atoms. The van der Waals surface area contributed by atoms with Crippen molar-refractivity contribution < 1.29 is 19.0 Å². The third kappa shape index (κ3) is 4.03. The van der Waals surface area contributed by atoms with Crippen LogP contribution in [0, 0.1) is 6.92 Å². The lowest BCUT2D eigenvalue weighted by Gasteiger charge is -2.09. The zero-order valence-corrected chi connectivity index (χ0v) is 17.4. The van der Waals surface area contributed by atoms with E-state index in [-0.39, 0.29) is 12.5 Å². The van der Waals surface area contributed by atoms with E-state index in [2.05, 4.69) is 20.6 Å². The van der Waals surface area contributed by atoms with Crippen molar-refractivity contribution in [1.82, 2.24) is 19.8 Å². The van der Waals surface area contributed by atoms with E-state index in [1.807, 2.05) is 31.2 Å². The molecule has 0 fully saturated rings. The number of methoxy groups -OCH3 is 2. The van der Waals surface area contributed by atoms with Crippen molar-refractivity contribution >= 4 is 27.3 Å². The third-order valence-electron chi connectivity index (χ3n) is 4.31. The lowest BCUT2D eigenvalue weighted by molar-refractivity contribution is 0.102. The number of hydrogen-bond acceptors (Lipinski definition) is 8. The number of amides is 1. The van der Waals surface area contributed by atoms with Crippen LogP contribution >= 0.6 is 11.3 Å². The number of ether oxygens (including phenoxy) is 3. The average molecular weight is 425 g/mol. The molecule has 2 aromatic heterocycles. The van der Waals surface area contributed by atoms with E-state index in [9.17, 15) is 4.79 Å². The highest BCUT2D eigenvalue weighted by molar-refractivity contribution is 7.20. The quantitative estimate of drug-likeness (QED) is 0.485. The molecule has 0 bridgehead atoms. The normalized spacial score (nSPS) is 10.8. The number of anilines is 1. The number of carbonyl (C=O) groups is 1. The van der Waals surface area contributed by atoms with Crippen molar-refractivity contribution in [2.24, 2.45) is 0 Å². The van der Waals surface area contributed by atoms with Crippen LogP contribution in [0.5, 0.6) is 17.2 Å². The Balaban J connectivity index is 1.47. The molecule has 30 heavy (non-hydrogen) atoms. The van der Waals surface area contributed by atoms with E-state index < -0.39 is 0 Å². The minimum atomic E-state index is -0.321. The van der Waals surface area contributed by atoms with Gasteiger partial charge in [-0.1, -0.05) is 29.0 Å². The molecule has 154 valence electrons. The summed E-state index contributed by atoms with van der Waals surface area (Å²) in [6.07, 6.45) is 0. The molecule has 0 unspecified atom stereocenters. The first-order valence-corrected chi connectivity index (χ1v) is 9.83. The maximum absolute atomic E-state index is 12.6. The number of fused-ring (bicyclic) bond motifs is 1. The van der Waals surface area contributed by atoms with Crippen molar-refractivity contribution in [2.45, 2.75) is 13.5 Å². The maximum atomic E-state index is 12.6. The molecule has 0 saturated carbocycles. The van der Waals surface area contributed by atoms with Crippen molar-refractivity contribution in [1.29, 1.82) is 0 Å². The lowest BCUT2D eigenvalue weighted by Crippen LogP contribution is -2.12. The maximum Gasteiger partial charge on any atom is 0.257 e. The number of aromatic nitrogens is 4. The van der Waals surface area contributed by atoms with Crippen molar-refractivity contribution in [3.05, 3.63) is 59.4 Å². The van der Waals surface area contributed by atoms with Gasteiger partial charge in [-0.2, -0.15) is 4.52 Å². The number of nitrogens with zero attached hydrogens (tertiary/aromatic N) is 4. The topological polar surface area (TPSA) is 99.9 Å². The molecule has 0 aliphatic heterocycles. The summed E-state index contributed by atoms with van der Waals surface area (Å²) in [6, 6.07) is 12.7. The lowest BCUT2D eigenvalue weighted by atomic mass is 10.2. The first-order valence-electron chi connectivity index (χ1n) is 9.01. The van der Waals surface area contributed by atoms with Crippen LogP contribution in [-0.4, -0.2) is 39.9 Å². The Hall–Kier alpha value is -3.66.